The van der Waals surface area contributed by atoms with E-state index in [2.05, 4.69) is 81.6 Å². The summed E-state index contributed by atoms with van der Waals surface area (Å²) in [5.74, 6) is -0.623. The normalized spacial score (nSPS) is 27.9. The fourth-order valence-corrected chi connectivity index (χ4v) is 7.34. The standard InChI is InChI=1S/C28H57NO6Si2/c1-18(22(20-17-31-28(9,10)33-20)35-37(15,16)27(6,7)8)21(34-36(13,14)26(3,4)5)19(2)23-24(32-23)25(30)29(11)12/h18-24H,17H2,1-16H3/t18-,19-,20+,21-,22-,23+,24-/m0/s1. The number of nitrogens with zero attached hydrogens (tertiary/aromatic N) is 1. The third-order valence-electron chi connectivity index (χ3n) is 9.15. The molecule has 0 aliphatic carbocycles. The molecule has 0 saturated carbocycles. The lowest BCUT2D eigenvalue weighted by molar-refractivity contribution is -0.157. The Balaban J connectivity index is 2.47. The molecule has 1 amide bonds. The van der Waals surface area contributed by atoms with E-state index in [-0.39, 0.29) is 52.2 Å². The third kappa shape index (κ3) is 7.67. The van der Waals surface area contributed by atoms with Gasteiger partial charge in [0.2, 0.25) is 0 Å². The van der Waals surface area contributed by atoms with Crippen molar-refractivity contribution in [3.8, 4) is 0 Å². The lowest BCUT2D eigenvalue weighted by atomic mass is 9.85. The Morgan fingerprint density at radius 1 is 0.946 bits per heavy atom. The SMILES string of the molecule is C[C@@H]([C@@H](O[Si](C)(C)C(C)(C)C)[C@H](C)[C@H](O[Si](C)(C)C(C)(C)C)[C@H]1COC(C)(C)O1)[C@H]1O[C@@H]1C(=O)N(C)C. The van der Waals surface area contributed by atoms with Crippen LogP contribution >= 0.6 is 0 Å². The first-order valence-electron chi connectivity index (χ1n) is 14.0. The highest BCUT2D eigenvalue weighted by atomic mass is 28.4. The average molecular weight is 560 g/mol. The van der Waals surface area contributed by atoms with Crippen molar-refractivity contribution in [3.05, 3.63) is 0 Å². The first-order valence-corrected chi connectivity index (χ1v) is 19.8. The molecule has 2 aliphatic rings. The number of likely N-dealkylation sites (N-methyl/N-ethyl adjacent to an activating group) is 1. The van der Waals surface area contributed by atoms with Crippen molar-refractivity contribution in [1.82, 2.24) is 4.90 Å². The first kappa shape index (κ1) is 32.9. The molecule has 2 saturated heterocycles. The number of amides is 1. The number of rotatable bonds is 10. The zero-order valence-corrected chi connectivity index (χ0v) is 28.6. The summed E-state index contributed by atoms with van der Waals surface area (Å²) >= 11 is 0. The minimum Gasteiger partial charge on any atom is -0.413 e. The van der Waals surface area contributed by atoms with E-state index in [4.69, 9.17) is 23.1 Å². The Bertz CT molecular complexity index is 801. The van der Waals surface area contributed by atoms with E-state index in [1.807, 2.05) is 13.8 Å². The van der Waals surface area contributed by atoms with Gasteiger partial charge in [0.1, 0.15) is 6.10 Å². The molecule has 9 heteroatoms. The molecule has 0 bridgehead atoms. The van der Waals surface area contributed by atoms with Crippen LogP contribution in [0.15, 0.2) is 0 Å². The maximum Gasteiger partial charge on any atom is 0.253 e. The summed E-state index contributed by atoms with van der Waals surface area (Å²) < 4.78 is 32.7. The van der Waals surface area contributed by atoms with E-state index in [0.29, 0.717) is 6.61 Å². The van der Waals surface area contributed by atoms with Crippen molar-refractivity contribution < 1.29 is 27.9 Å². The smallest absolute Gasteiger partial charge is 0.253 e. The molecule has 0 N–H and O–H groups in total. The van der Waals surface area contributed by atoms with E-state index in [1.54, 1.807) is 19.0 Å². The predicted octanol–water partition coefficient (Wildman–Crippen LogP) is 6.05. The van der Waals surface area contributed by atoms with E-state index >= 15 is 0 Å². The average Bonchev–Trinajstić information content (AvgIpc) is 3.43. The van der Waals surface area contributed by atoms with Crippen LogP contribution in [-0.2, 0) is 27.9 Å². The highest BCUT2D eigenvalue weighted by molar-refractivity contribution is 6.74. The number of carbonyl (C=O) groups excluding carboxylic acids is 1. The third-order valence-corrected chi connectivity index (χ3v) is 18.1. The van der Waals surface area contributed by atoms with Crippen LogP contribution in [0.25, 0.3) is 0 Å². The van der Waals surface area contributed by atoms with Gasteiger partial charge in [0.25, 0.3) is 5.91 Å². The second-order valence-electron chi connectivity index (χ2n) is 15.0. The van der Waals surface area contributed by atoms with Gasteiger partial charge in [-0.25, -0.2) is 0 Å². The molecule has 0 aromatic heterocycles. The Kier molecular flexibility index (Phi) is 9.73. The van der Waals surface area contributed by atoms with Crippen molar-refractivity contribution in [1.29, 1.82) is 0 Å². The summed E-state index contributed by atoms with van der Waals surface area (Å²) in [7, 11) is -0.753. The fourth-order valence-electron chi connectivity index (χ4n) is 4.48. The molecular weight excluding hydrogens is 502 g/mol. The second kappa shape index (κ2) is 10.9. The summed E-state index contributed by atoms with van der Waals surface area (Å²) in [6.07, 6.45) is -1.14. The molecule has 0 radical (unpaired) electrons. The lowest BCUT2D eigenvalue weighted by Gasteiger charge is -2.47. The molecule has 0 unspecified atom stereocenters. The van der Waals surface area contributed by atoms with Crippen LogP contribution < -0.4 is 0 Å². The van der Waals surface area contributed by atoms with Gasteiger partial charge >= 0.3 is 0 Å². The van der Waals surface area contributed by atoms with Gasteiger partial charge < -0.3 is 28.0 Å². The van der Waals surface area contributed by atoms with Crippen molar-refractivity contribution in [3.63, 3.8) is 0 Å². The van der Waals surface area contributed by atoms with E-state index in [9.17, 15) is 4.79 Å². The van der Waals surface area contributed by atoms with Gasteiger partial charge in [-0.1, -0.05) is 55.4 Å². The lowest BCUT2D eigenvalue weighted by Crippen LogP contribution is -2.56. The summed E-state index contributed by atoms with van der Waals surface area (Å²) in [6.45, 7) is 31.5. The highest BCUT2D eigenvalue weighted by Gasteiger charge is 2.56. The van der Waals surface area contributed by atoms with Crippen LogP contribution in [0, 0.1) is 11.8 Å². The Labute approximate surface area is 229 Å². The largest absolute Gasteiger partial charge is 0.413 e. The number of hydrogen-bond acceptors (Lipinski definition) is 6. The molecule has 2 fully saturated rings. The van der Waals surface area contributed by atoms with Gasteiger partial charge in [-0.15, -0.1) is 0 Å². The molecule has 37 heavy (non-hydrogen) atoms. The van der Waals surface area contributed by atoms with Gasteiger partial charge in [0, 0.05) is 25.9 Å². The van der Waals surface area contributed by atoms with E-state index in [1.165, 1.54) is 0 Å². The summed E-state index contributed by atoms with van der Waals surface area (Å²) in [5.41, 5.74) is 0. The van der Waals surface area contributed by atoms with Gasteiger partial charge in [-0.3, -0.25) is 4.79 Å². The minimum absolute atomic E-state index is 0.0000539. The maximum absolute atomic E-state index is 12.7. The van der Waals surface area contributed by atoms with Crippen LogP contribution in [-0.4, -0.2) is 84.5 Å². The minimum atomic E-state index is -2.16. The van der Waals surface area contributed by atoms with Crippen molar-refractivity contribution in [2.24, 2.45) is 11.8 Å². The zero-order valence-electron chi connectivity index (χ0n) is 26.6. The highest BCUT2D eigenvalue weighted by Crippen LogP contribution is 2.45. The number of carbonyl (C=O) groups is 1. The van der Waals surface area contributed by atoms with Crippen LogP contribution in [0.3, 0.4) is 0 Å². The summed E-state index contributed by atoms with van der Waals surface area (Å²) in [4.78, 5) is 14.3. The fraction of sp³-hybridized carbons (Fsp3) is 0.964. The van der Waals surface area contributed by atoms with E-state index < -0.39 is 28.5 Å². The molecule has 7 nitrogen and oxygen atoms in total. The molecule has 2 heterocycles. The topological polar surface area (TPSA) is 69.8 Å². The Hall–Kier alpha value is -0.296. The number of ether oxygens (including phenoxy) is 3. The molecule has 0 spiro atoms. The summed E-state index contributed by atoms with van der Waals surface area (Å²) in [6, 6.07) is 0. The van der Waals surface area contributed by atoms with Crippen LogP contribution in [0.2, 0.25) is 36.3 Å². The quantitative estimate of drug-likeness (QED) is 0.240. The van der Waals surface area contributed by atoms with E-state index in [0.717, 1.165) is 0 Å². The Morgan fingerprint density at radius 2 is 1.43 bits per heavy atom. The van der Waals surface area contributed by atoms with Crippen LogP contribution in [0.1, 0.15) is 69.2 Å². The van der Waals surface area contributed by atoms with Crippen molar-refractivity contribution in [2.45, 2.75) is 142 Å². The van der Waals surface area contributed by atoms with Gasteiger partial charge in [-0.05, 0) is 50.1 Å². The Morgan fingerprint density at radius 3 is 1.84 bits per heavy atom. The summed E-state index contributed by atoms with van der Waals surface area (Å²) in [5, 5.41) is 0.0862. The van der Waals surface area contributed by atoms with Gasteiger partial charge in [-0.2, -0.15) is 0 Å². The monoisotopic (exact) mass is 559 g/mol. The van der Waals surface area contributed by atoms with Gasteiger partial charge in [0.05, 0.1) is 24.9 Å². The van der Waals surface area contributed by atoms with Crippen molar-refractivity contribution in [2.75, 3.05) is 20.7 Å². The zero-order chi connectivity index (χ0) is 28.9. The predicted molar refractivity (Wildman–Crippen MR) is 155 cm³/mol. The molecule has 2 rings (SSSR count). The molecule has 0 aromatic rings. The number of epoxide rings is 1. The van der Waals surface area contributed by atoms with Crippen molar-refractivity contribution >= 4 is 22.5 Å². The maximum atomic E-state index is 12.7. The number of hydrogen-bond donors (Lipinski definition) is 0. The van der Waals surface area contributed by atoms with Gasteiger partial charge in [0.15, 0.2) is 28.5 Å². The molecule has 218 valence electrons. The first-order chi connectivity index (χ1) is 16.4. The second-order valence-corrected chi connectivity index (χ2v) is 24.5. The molecular formula is C28H57NO6Si2. The molecule has 0 aromatic carbocycles. The van der Waals surface area contributed by atoms with Crippen LogP contribution in [0.4, 0.5) is 0 Å². The molecule has 7 atom stereocenters. The van der Waals surface area contributed by atoms with Crippen LogP contribution in [0.5, 0.6) is 0 Å². The molecule has 2 aliphatic heterocycles.